The molecule has 38 nitrogen and oxygen atoms in total. The fourth-order valence-corrected chi connectivity index (χ4v) is 6.42. The van der Waals surface area contributed by atoms with E-state index in [2.05, 4.69) is 89.8 Å². The topological polar surface area (TPSA) is 566 Å². The molecule has 0 bridgehead atoms. The van der Waals surface area contributed by atoms with Crippen LogP contribution in [0, 0.1) is 0 Å². The molecule has 0 rings (SSSR count). The van der Waals surface area contributed by atoms with Crippen molar-refractivity contribution in [2.24, 2.45) is 0 Å². The van der Waals surface area contributed by atoms with Gasteiger partial charge in [-0.3, -0.25) is 90.5 Å². The van der Waals surface area contributed by atoms with Crippen molar-refractivity contribution < 1.29 is 106 Å². The van der Waals surface area contributed by atoms with Gasteiger partial charge in [-0.2, -0.15) is 0 Å². The highest BCUT2D eigenvalue weighted by Gasteiger charge is 2.37. The predicted octanol–water partition coefficient (Wildman–Crippen LogP) is -11.6. The molecule has 0 spiro atoms. The number of methoxy groups -OCH3 is 1. The summed E-state index contributed by atoms with van der Waals surface area (Å²) in [5, 5.41) is 54.5. The Hall–Kier alpha value is -8.79. The van der Waals surface area contributed by atoms with Crippen LogP contribution in [0.4, 0.5) is 0 Å². The molecule has 15 atom stereocenters. The minimum Gasteiger partial charge on any atom is -0.481 e. The summed E-state index contributed by atoms with van der Waals surface area (Å²) in [4.78, 5) is 239. The Kier molecular flexibility index (Phi) is 36.2. The Labute approximate surface area is 478 Å². The summed E-state index contributed by atoms with van der Waals surface area (Å²) in [6.07, 6.45) is -16.8. The lowest BCUT2D eigenvalue weighted by molar-refractivity contribution is -0.147. The van der Waals surface area contributed by atoms with E-state index in [1.807, 2.05) is 0 Å². The SMILES string of the molecule is COC(=O)[C@H](NC(=O)[C@H](NC(=O)[C@H](NC(=O)[C@@H](NC(=O)[C@H](NC(=O)[C@@H](NC(=O)[C@H](NC(=O)[C@H](NCC=O)NC(C)=O)N[C@@H](C=O)CCC(=O)O)N[C@@H](C)C=O)N[C@@H](C)C=O)N[C@@H](C)C=O)N[C@@H](C)C=O)N[C@@H](C=O)CCC(=O)O)N[C@@H](C)C=O. The van der Waals surface area contributed by atoms with Crippen LogP contribution in [-0.2, 0) is 95.8 Å². The van der Waals surface area contributed by atoms with Crippen molar-refractivity contribution in [3.05, 3.63) is 0 Å². The number of carboxylic acid groups (broad SMARTS) is 2. The Morgan fingerprint density at radius 1 is 0.369 bits per heavy atom. The maximum Gasteiger partial charge on any atom is 0.343 e. The summed E-state index contributed by atoms with van der Waals surface area (Å²) in [7, 11) is 0.915. The molecule has 0 saturated heterocycles. The van der Waals surface area contributed by atoms with Crippen LogP contribution in [0.3, 0.4) is 0 Å². The molecule has 0 aliphatic heterocycles. The van der Waals surface area contributed by atoms with Crippen molar-refractivity contribution in [3.8, 4) is 0 Å². The van der Waals surface area contributed by atoms with Gasteiger partial charge in [0.25, 0.3) is 41.4 Å². The largest absolute Gasteiger partial charge is 0.481 e. The Morgan fingerprint density at radius 2 is 0.619 bits per heavy atom. The summed E-state index contributed by atoms with van der Waals surface area (Å²) in [6, 6.07) is -9.55. The molecule has 8 amide bonds. The van der Waals surface area contributed by atoms with Gasteiger partial charge in [-0.05, 0) is 47.5 Å². The third kappa shape index (κ3) is 29.8. The third-order valence-electron chi connectivity index (χ3n) is 10.6. The van der Waals surface area contributed by atoms with E-state index in [1.165, 1.54) is 34.6 Å². The van der Waals surface area contributed by atoms with Gasteiger partial charge in [0.1, 0.15) is 50.3 Å². The lowest BCUT2D eigenvalue weighted by Crippen LogP contribution is -2.70. The van der Waals surface area contributed by atoms with E-state index in [0.29, 0.717) is 12.6 Å². The molecule has 0 aliphatic carbocycles. The van der Waals surface area contributed by atoms with Gasteiger partial charge in [0.2, 0.25) is 5.91 Å². The standard InChI is InChI=1S/C46H72N16O22/c1-21(14-64)48-32(57-42(79)34(50-23(3)16-66)59-44(81)36(54-27(19-69)8-10-29(72)73)60-39(76)31(47-12-13-63)53-26(6)71)40(77)56-33(49-22(2)15-65)41(78)58-35(51-24(4)17-67)43(80)61-37(55-28(20-70)9-11-30(74)75)45(82)62-38(46(83)84-7)52-25(5)18-68/h13-25,27-28,31-38,47-52,54-55H,8-12H2,1-7H3,(H,53,71)(H,56,77)(H,57,79)(H,58,78)(H,59,81)(H,60,76)(H,61,80)(H,62,82)(H,72,73)(H,74,75)/t21-,22-,23-,24-,25-,27+,28+,31+,32-,33+,34+,35-,36-,37-,38-/m0/s1. The second-order valence-corrected chi connectivity index (χ2v) is 18.0. The lowest BCUT2D eigenvalue weighted by Gasteiger charge is -2.31. The number of carbonyl (C=O) groups is 19. The van der Waals surface area contributed by atoms with E-state index in [0.717, 1.165) is 14.0 Å². The van der Waals surface area contributed by atoms with E-state index in [1.54, 1.807) is 0 Å². The van der Waals surface area contributed by atoms with Gasteiger partial charge in [-0.15, -0.1) is 0 Å². The number of hydrogen-bond acceptors (Lipinski definition) is 28. The zero-order valence-electron chi connectivity index (χ0n) is 46.4. The molecule has 0 aliphatic rings. The zero-order chi connectivity index (χ0) is 64.2. The highest BCUT2D eigenvalue weighted by molar-refractivity contribution is 5.98. The number of amides is 8. The van der Waals surface area contributed by atoms with Gasteiger partial charge >= 0.3 is 17.9 Å². The summed E-state index contributed by atoms with van der Waals surface area (Å²) in [5.41, 5.74) is 0. The first-order valence-electron chi connectivity index (χ1n) is 25.1. The Bertz CT molecular complexity index is 2350. The number of hydrogen-bond donors (Lipinski definition) is 18. The summed E-state index contributed by atoms with van der Waals surface area (Å²) >= 11 is 0. The first kappa shape index (κ1) is 75.2. The monoisotopic (exact) mass is 1200 g/mol. The molecule has 0 fully saturated rings. The molecule has 0 saturated carbocycles. The molecule has 468 valence electrons. The molecule has 0 radical (unpaired) electrons. The maximum atomic E-state index is 14.2. The molecule has 0 aromatic rings. The number of nitrogens with one attached hydrogen (secondary N) is 16. The van der Waals surface area contributed by atoms with Crippen molar-refractivity contribution in [1.82, 2.24) is 85.1 Å². The van der Waals surface area contributed by atoms with Crippen LogP contribution >= 0.6 is 0 Å². The smallest absolute Gasteiger partial charge is 0.343 e. The number of ether oxygens (including phenoxy) is 1. The van der Waals surface area contributed by atoms with Crippen LogP contribution < -0.4 is 85.1 Å². The minimum atomic E-state index is -2.18. The normalized spacial score (nSPS) is 16.2. The van der Waals surface area contributed by atoms with Gasteiger partial charge in [-0.1, -0.05) is 0 Å². The van der Waals surface area contributed by atoms with Crippen LogP contribution in [0.1, 0.15) is 67.2 Å². The van der Waals surface area contributed by atoms with E-state index in [-0.39, 0.29) is 37.7 Å². The molecule has 0 aromatic heterocycles. The molecule has 84 heavy (non-hydrogen) atoms. The zero-order valence-corrected chi connectivity index (χ0v) is 46.4. The first-order valence-corrected chi connectivity index (χ1v) is 25.1. The molecule has 0 aromatic carbocycles. The number of aliphatic carboxylic acids is 2. The number of aldehydes is 8. The summed E-state index contributed by atoms with van der Waals surface area (Å²) in [5.74, 6) is -14.6. The van der Waals surface area contributed by atoms with Crippen LogP contribution in [0.25, 0.3) is 0 Å². The second kappa shape index (κ2) is 40.4. The first-order chi connectivity index (χ1) is 39.6. The molecular weight excluding hydrogens is 1130 g/mol. The fraction of sp³-hybridized carbons (Fsp3) is 0.587. The second-order valence-electron chi connectivity index (χ2n) is 18.0. The van der Waals surface area contributed by atoms with E-state index >= 15 is 0 Å². The third-order valence-corrected chi connectivity index (χ3v) is 10.6. The molecule has 0 heterocycles. The van der Waals surface area contributed by atoms with Gasteiger partial charge < -0.3 is 95.8 Å². The van der Waals surface area contributed by atoms with Crippen molar-refractivity contribution in [1.29, 1.82) is 0 Å². The number of rotatable bonds is 46. The molecule has 38 heteroatoms. The highest BCUT2D eigenvalue weighted by Crippen LogP contribution is 2.02. The lowest BCUT2D eigenvalue weighted by atomic mass is 10.1. The van der Waals surface area contributed by atoms with Crippen LogP contribution in [-0.4, -0.2) is 231 Å². The van der Waals surface area contributed by atoms with E-state index in [9.17, 15) is 101 Å². The van der Waals surface area contributed by atoms with Crippen LogP contribution in [0.5, 0.6) is 0 Å². The van der Waals surface area contributed by atoms with Gasteiger partial charge in [-0.25, -0.2) is 4.79 Å². The van der Waals surface area contributed by atoms with E-state index in [4.69, 9.17) is 0 Å². The number of carbonyl (C=O) groups excluding carboxylic acids is 17. The van der Waals surface area contributed by atoms with Crippen LogP contribution in [0.2, 0.25) is 0 Å². The Morgan fingerprint density at radius 3 is 0.845 bits per heavy atom. The number of carboxylic acids is 2. The summed E-state index contributed by atoms with van der Waals surface area (Å²) in [6.45, 7) is 6.42. The Balaban J connectivity index is 7.45. The predicted molar refractivity (Wildman–Crippen MR) is 280 cm³/mol. The van der Waals surface area contributed by atoms with Crippen LogP contribution in [0.15, 0.2) is 0 Å². The molecule has 0 unspecified atom stereocenters. The minimum absolute atomic E-state index is 0.165. The van der Waals surface area contributed by atoms with E-state index < -0.39 is 189 Å². The average Bonchev–Trinajstić information content (AvgIpc) is 3.55. The molecular formula is C46H72N16O22. The average molecular weight is 1200 g/mol. The quantitative estimate of drug-likeness (QED) is 0.0153. The van der Waals surface area contributed by atoms with Crippen molar-refractivity contribution in [2.45, 2.75) is 159 Å². The summed E-state index contributed by atoms with van der Waals surface area (Å²) < 4.78 is 4.64. The highest BCUT2D eigenvalue weighted by atomic mass is 16.5. The van der Waals surface area contributed by atoms with Gasteiger partial charge in [0.05, 0.1) is 55.9 Å². The maximum absolute atomic E-state index is 14.2. The number of esters is 1. The molecule has 18 N–H and O–H groups in total. The van der Waals surface area contributed by atoms with Gasteiger partial charge in [0, 0.05) is 19.8 Å². The van der Waals surface area contributed by atoms with Crippen molar-refractivity contribution in [3.63, 3.8) is 0 Å². The van der Waals surface area contributed by atoms with Gasteiger partial charge in [0.15, 0.2) is 49.3 Å². The van der Waals surface area contributed by atoms with Crippen molar-refractivity contribution in [2.75, 3.05) is 13.7 Å². The fourth-order valence-electron chi connectivity index (χ4n) is 6.42. The van der Waals surface area contributed by atoms with Crippen molar-refractivity contribution >= 4 is 115 Å².